The third-order valence-electron chi connectivity index (χ3n) is 14.7. The maximum atomic E-state index is 13.0. The summed E-state index contributed by atoms with van der Waals surface area (Å²) in [5.41, 5.74) is 0. The summed E-state index contributed by atoms with van der Waals surface area (Å²) >= 11 is 0. The third-order valence-corrected chi connectivity index (χ3v) is 15.7. The molecule has 0 aliphatic carbocycles. The number of nitrogens with zero attached hydrogens (tertiary/aromatic N) is 1. The maximum absolute atomic E-state index is 13.0. The Morgan fingerprint density at radius 3 is 1.08 bits per heavy atom. The van der Waals surface area contributed by atoms with Crippen LogP contribution < -0.4 is 10.2 Å². The molecule has 0 radical (unpaired) electrons. The van der Waals surface area contributed by atoms with Gasteiger partial charge in [-0.05, 0) is 70.6 Å². The number of hydrogen-bond donors (Lipinski definition) is 2. The molecule has 1 amide bonds. The SMILES string of the molecule is CCCCCCCCCC/C=C\CCCCCCCCCCCCCCCCCCCCCC(=O)NC(COP(=O)([O-])OCC[N+](C)(C)C)C(O)/C=C/CC/C=C/CC/C=C/CCCCCCCCCCCCCC. The number of rotatable bonds is 60. The highest BCUT2D eigenvalue weighted by Crippen LogP contribution is 2.38. The number of phosphoric acid groups is 1. The molecule has 0 spiro atoms. The molecule has 0 bridgehead atoms. The summed E-state index contributed by atoms with van der Waals surface area (Å²) < 4.78 is 23.4. The number of carbonyl (C=O) groups is 1. The van der Waals surface area contributed by atoms with Crippen molar-refractivity contribution in [3.8, 4) is 0 Å². The summed E-state index contributed by atoms with van der Waals surface area (Å²) in [6, 6.07) is -0.910. The highest BCUT2D eigenvalue weighted by molar-refractivity contribution is 7.45. The number of aliphatic hydroxyl groups excluding tert-OH is 1. The van der Waals surface area contributed by atoms with Gasteiger partial charge in [-0.2, -0.15) is 0 Å². The van der Waals surface area contributed by atoms with E-state index in [1.807, 2.05) is 27.2 Å². The van der Waals surface area contributed by atoms with Gasteiger partial charge in [0.05, 0.1) is 39.9 Å². The molecule has 0 aliphatic rings. The van der Waals surface area contributed by atoms with Crippen molar-refractivity contribution in [1.29, 1.82) is 0 Å². The fourth-order valence-electron chi connectivity index (χ4n) is 9.65. The van der Waals surface area contributed by atoms with Crippen LogP contribution in [0.2, 0.25) is 0 Å². The summed E-state index contributed by atoms with van der Waals surface area (Å²) in [6.07, 6.45) is 76.5. The van der Waals surface area contributed by atoms with Crippen molar-refractivity contribution in [2.45, 2.75) is 328 Å². The van der Waals surface area contributed by atoms with Crippen molar-refractivity contribution in [2.24, 2.45) is 0 Å². The van der Waals surface area contributed by atoms with E-state index < -0.39 is 26.6 Å². The molecule has 0 rings (SSSR count). The Bertz CT molecular complexity index is 1360. The molecule has 0 aromatic heterocycles. The average Bonchev–Trinajstić information content (AvgIpc) is 3.37. The Labute approximate surface area is 467 Å². The fraction of sp³-hybridized carbons (Fsp3) is 0.864. The lowest BCUT2D eigenvalue weighted by atomic mass is 10.0. The van der Waals surface area contributed by atoms with Gasteiger partial charge in [0.2, 0.25) is 5.91 Å². The number of carbonyl (C=O) groups excluding carboxylic acids is 1. The zero-order chi connectivity index (χ0) is 54.9. The predicted octanol–water partition coefficient (Wildman–Crippen LogP) is 19.6. The molecule has 0 fully saturated rings. The molecule has 9 heteroatoms. The number of nitrogens with one attached hydrogen (secondary N) is 1. The van der Waals surface area contributed by atoms with Crippen LogP contribution in [0.4, 0.5) is 0 Å². The molecule has 0 aromatic rings. The van der Waals surface area contributed by atoms with Gasteiger partial charge in [0.1, 0.15) is 13.2 Å². The molecule has 75 heavy (non-hydrogen) atoms. The van der Waals surface area contributed by atoms with Gasteiger partial charge in [-0.15, -0.1) is 0 Å². The minimum atomic E-state index is -4.61. The quantitative estimate of drug-likeness (QED) is 0.0272. The third kappa shape index (κ3) is 60.0. The number of allylic oxidation sites excluding steroid dienone is 7. The van der Waals surface area contributed by atoms with Gasteiger partial charge in [0.15, 0.2) is 0 Å². The Morgan fingerprint density at radius 1 is 0.453 bits per heavy atom. The summed E-state index contributed by atoms with van der Waals surface area (Å²) in [7, 11) is 1.24. The monoisotopic (exact) mass is 1070 g/mol. The second-order valence-electron chi connectivity index (χ2n) is 23.4. The number of quaternary nitrogens is 1. The first kappa shape index (κ1) is 73.5. The van der Waals surface area contributed by atoms with Gasteiger partial charge < -0.3 is 28.8 Å². The van der Waals surface area contributed by atoms with E-state index in [1.165, 1.54) is 250 Å². The fourth-order valence-corrected chi connectivity index (χ4v) is 10.4. The molecule has 442 valence electrons. The number of phosphoric ester groups is 1. The van der Waals surface area contributed by atoms with Gasteiger partial charge in [0, 0.05) is 6.42 Å². The van der Waals surface area contributed by atoms with E-state index in [0.29, 0.717) is 17.4 Å². The molecule has 3 atom stereocenters. The lowest BCUT2D eigenvalue weighted by molar-refractivity contribution is -0.870. The molecule has 8 nitrogen and oxygen atoms in total. The van der Waals surface area contributed by atoms with Crippen molar-refractivity contribution >= 4 is 13.7 Å². The molecule has 3 unspecified atom stereocenters. The lowest BCUT2D eigenvalue weighted by Gasteiger charge is -2.29. The second-order valence-corrected chi connectivity index (χ2v) is 24.9. The second kappa shape index (κ2) is 57.2. The average molecular weight is 1080 g/mol. The minimum Gasteiger partial charge on any atom is -0.756 e. The summed E-state index contributed by atoms with van der Waals surface area (Å²) in [6.45, 7) is 4.66. The molecular weight excluding hydrogens is 948 g/mol. The molecule has 0 aliphatic heterocycles. The van der Waals surface area contributed by atoms with Gasteiger partial charge >= 0.3 is 0 Å². The number of likely N-dealkylation sites (N-methyl/N-ethyl adjacent to an activating group) is 1. The number of unbranched alkanes of at least 4 members (excludes halogenated alkanes) is 41. The Kier molecular flexibility index (Phi) is 56.0. The molecule has 2 N–H and O–H groups in total. The van der Waals surface area contributed by atoms with Gasteiger partial charge in [0.25, 0.3) is 7.82 Å². The number of hydrogen-bond acceptors (Lipinski definition) is 6. The van der Waals surface area contributed by atoms with Crippen LogP contribution in [0, 0.1) is 0 Å². The summed E-state index contributed by atoms with van der Waals surface area (Å²) in [5.74, 6) is -0.206. The molecule has 0 aromatic carbocycles. The van der Waals surface area contributed by atoms with E-state index in [4.69, 9.17) is 9.05 Å². The van der Waals surface area contributed by atoms with E-state index in [1.54, 1.807) is 6.08 Å². The lowest BCUT2D eigenvalue weighted by Crippen LogP contribution is -2.45. The van der Waals surface area contributed by atoms with E-state index in [-0.39, 0.29) is 12.5 Å². The largest absolute Gasteiger partial charge is 0.756 e. The van der Waals surface area contributed by atoms with Gasteiger partial charge in [-0.25, -0.2) is 0 Å². The molecule has 0 saturated heterocycles. The Morgan fingerprint density at radius 2 is 0.747 bits per heavy atom. The maximum Gasteiger partial charge on any atom is 0.268 e. The summed E-state index contributed by atoms with van der Waals surface area (Å²) in [4.78, 5) is 25.6. The van der Waals surface area contributed by atoms with E-state index in [2.05, 4.69) is 55.6 Å². The van der Waals surface area contributed by atoms with E-state index >= 15 is 0 Å². The van der Waals surface area contributed by atoms with Crippen LogP contribution in [0.1, 0.15) is 316 Å². The van der Waals surface area contributed by atoms with Crippen LogP contribution in [0.15, 0.2) is 48.6 Å². The van der Waals surface area contributed by atoms with Gasteiger partial charge in [-0.1, -0.05) is 287 Å². The standard InChI is InChI=1S/C66H127N2O6P/c1-6-8-10-12-14-16-18-20-22-24-26-28-30-31-32-33-34-35-36-37-38-40-42-44-46-48-50-52-54-56-58-60-66(70)67-64(63-74-75(71,72)73-62-61-68(3,4)5)65(69)59-57-55-53-51-49-47-45-43-41-39-29-27-25-23-21-19-17-15-13-11-9-7-2/h24,26,41,43,49,51,57,59,64-65,69H,6-23,25,27-40,42,44-48,50,52-56,58,60-63H2,1-5H3,(H-,67,70,71,72)/b26-24-,43-41+,51-49+,59-57+. The minimum absolute atomic E-state index is 0.00828. The van der Waals surface area contributed by atoms with Crippen molar-refractivity contribution in [1.82, 2.24) is 5.32 Å². The van der Waals surface area contributed by atoms with Crippen molar-refractivity contribution in [3.63, 3.8) is 0 Å². The highest BCUT2D eigenvalue weighted by Gasteiger charge is 2.23. The van der Waals surface area contributed by atoms with Crippen molar-refractivity contribution in [2.75, 3.05) is 40.9 Å². The number of aliphatic hydroxyl groups is 1. The van der Waals surface area contributed by atoms with Gasteiger partial charge in [-0.3, -0.25) is 9.36 Å². The normalized spacial score (nSPS) is 14.1. The van der Waals surface area contributed by atoms with E-state index in [0.717, 1.165) is 44.9 Å². The smallest absolute Gasteiger partial charge is 0.268 e. The number of amides is 1. The van der Waals surface area contributed by atoms with Crippen LogP contribution in [0.25, 0.3) is 0 Å². The Balaban J connectivity index is 4.12. The highest BCUT2D eigenvalue weighted by atomic mass is 31.2. The van der Waals surface area contributed by atoms with Crippen molar-refractivity contribution in [3.05, 3.63) is 48.6 Å². The van der Waals surface area contributed by atoms with Crippen LogP contribution in [0.3, 0.4) is 0 Å². The van der Waals surface area contributed by atoms with Crippen molar-refractivity contribution < 1.29 is 32.9 Å². The van der Waals surface area contributed by atoms with Crippen LogP contribution in [-0.4, -0.2) is 68.5 Å². The molecule has 0 heterocycles. The first-order valence-corrected chi connectivity index (χ1v) is 34.0. The Hall–Kier alpha value is -1.54. The molecule has 0 saturated carbocycles. The first-order chi connectivity index (χ1) is 36.5. The zero-order valence-electron chi connectivity index (χ0n) is 50.5. The zero-order valence-corrected chi connectivity index (χ0v) is 51.4. The first-order valence-electron chi connectivity index (χ1n) is 32.5. The van der Waals surface area contributed by atoms with Crippen LogP contribution in [0.5, 0.6) is 0 Å². The molecular formula is C66H127N2O6P. The van der Waals surface area contributed by atoms with E-state index in [9.17, 15) is 19.4 Å². The summed E-state index contributed by atoms with van der Waals surface area (Å²) in [5, 5.41) is 13.9. The van der Waals surface area contributed by atoms with Crippen LogP contribution in [-0.2, 0) is 18.4 Å². The topological polar surface area (TPSA) is 108 Å². The van der Waals surface area contributed by atoms with Crippen LogP contribution >= 0.6 is 7.82 Å². The predicted molar refractivity (Wildman–Crippen MR) is 325 cm³/mol.